The van der Waals surface area contributed by atoms with Crippen molar-refractivity contribution < 1.29 is 28.7 Å². The molecule has 0 saturated carbocycles. The summed E-state index contributed by atoms with van der Waals surface area (Å²) in [6.07, 6.45) is 1.83. The number of hydrogen-bond donors (Lipinski definition) is 4. The molecule has 2 atom stereocenters. The standard InChI is InChI=1S/C16H28N4O6/c1-9(2)11(19-15(17)23)7-25-13(21)5-6-14(22)26-8-12(10(3)4)20-16(18)24/h5-6,9-12H,7-8H2,1-4H3,(H3,17,19,23)(H3,18,20,24)/b6-5+/t11-,12-/m0/s1. The molecule has 0 aliphatic carbocycles. The Kier molecular flexibility index (Phi) is 10.5. The molecule has 6 N–H and O–H groups in total. The predicted octanol–water partition coefficient (Wildman–Crippen LogP) is 0.0148. The lowest BCUT2D eigenvalue weighted by atomic mass is 10.1. The average Bonchev–Trinajstić information content (AvgIpc) is 2.52. The molecular formula is C16H28N4O6. The topological polar surface area (TPSA) is 163 Å². The number of amides is 4. The molecule has 0 aromatic heterocycles. The van der Waals surface area contributed by atoms with Gasteiger partial charge in [0.1, 0.15) is 13.2 Å². The van der Waals surface area contributed by atoms with E-state index in [0.29, 0.717) is 0 Å². The van der Waals surface area contributed by atoms with Crippen LogP contribution in [0.15, 0.2) is 12.2 Å². The van der Waals surface area contributed by atoms with Crippen molar-refractivity contribution in [2.45, 2.75) is 39.8 Å². The molecule has 0 rings (SSSR count). The highest BCUT2D eigenvalue weighted by molar-refractivity contribution is 5.91. The number of nitrogens with two attached hydrogens (primary N) is 2. The van der Waals surface area contributed by atoms with Crippen LogP contribution < -0.4 is 22.1 Å². The zero-order valence-corrected chi connectivity index (χ0v) is 15.5. The number of nitrogens with one attached hydrogen (secondary N) is 2. The number of esters is 2. The zero-order valence-electron chi connectivity index (χ0n) is 15.5. The number of ether oxygens (including phenoxy) is 2. The minimum Gasteiger partial charge on any atom is -0.460 e. The van der Waals surface area contributed by atoms with Gasteiger partial charge in [-0.3, -0.25) is 0 Å². The van der Waals surface area contributed by atoms with Crippen LogP contribution in [0.4, 0.5) is 9.59 Å². The Labute approximate surface area is 152 Å². The third-order valence-corrected chi connectivity index (χ3v) is 3.43. The second-order valence-corrected chi connectivity index (χ2v) is 6.31. The largest absolute Gasteiger partial charge is 0.460 e. The molecule has 0 aliphatic rings. The van der Waals surface area contributed by atoms with E-state index in [-0.39, 0.29) is 25.0 Å². The Morgan fingerprint density at radius 2 is 1.08 bits per heavy atom. The van der Waals surface area contributed by atoms with Gasteiger partial charge in [0.25, 0.3) is 0 Å². The maximum absolute atomic E-state index is 11.6. The minimum absolute atomic E-state index is 0.00466. The number of carbonyl (C=O) groups excluding carboxylic acids is 4. The average molecular weight is 372 g/mol. The molecule has 0 radical (unpaired) electrons. The lowest BCUT2D eigenvalue weighted by Gasteiger charge is -2.20. The van der Waals surface area contributed by atoms with E-state index in [1.54, 1.807) is 0 Å². The number of carbonyl (C=O) groups is 4. The third-order valence-electron chi connectivity index (χ3n) is 3.43. The summed E-state index contributed by atoms with van der Waals surface area (Å²) in [5.41, 5.74) is 10.1. The summed E-state index contributed by atoms with van der Waals surface area (Å²) in [4.78, 5) is 45.0. The zero-order chi connectivity index (χ0) is 20.3. The van der Waals surface area contributed by atoms with Crippen LogP contribution in [0, 0.1) is 11.8 Å². The van der Waals surface area contributed by atoms with Crippen molar-refractivity contribution >= 4 is 24.0 Å². The van der Waals surface area contributed by atoms with Crippen molar-refractivity contribution in [3.8, 4) is 0 Å². The van der Waals surface area contributed by atoms with E-state index in [1.165, 1.54) is 0 Å². The van der Waals surface area contributed by atoms with Crippen molar-refractivity contribution in [1.29, 1.82) is 0 Å². The molecule has 10 nitrogen and oxygen atoms in total. The summed E-state index contributed by atoms with van der Waals surface area (Å²) in [6.45, 7) is 7.13. The van der Waals surface area contributed by atoms with Crippen LogP contribution in [-0.2, 0) is 19.1 Å². The van der Waals surface area contributed by atoms with Gasteiger partial charge in [-0.25, -0.2) is 19.2 Å². The van der Waals surface area contributed by atoms with Crippen LogP contribution in [0.1, 0.15) is 27.7 Å². The van der Waals surface area contributed by atoms with Gasteiger partial charge in [-0.1, -0.05) is 27.7 Å². The Balaban J connectivity index is 4.39. The van der Waals surface area contributed by atoms with Crippen molar-refractivity contribution in [3.05, 3.63) is 12.2 Å². The van der Waals surface area contributed by atoms with Crippen LogP contribution in [0.5, 0.6) is 0 Å². The Morgan fingerprint density at radius 3 is 1.31 bits per heavy atom. The molecule has 0 aromatic rings. The summed E-state index contributed by atoms with van der Waals surface area (Å²) in [5, 5.41) is 4.92. The Morgan fingerprint density at radius 1 is 0.769 bits per heavy atom. The Hall–Kier alpha value is -2.78. The number of primary amides is 2. The van der Waals surface area contributed by atoms with E-state index in [4.69, 9.17) is 20.9 Å². The maximum atomic E-state index is 11.6. The van der Waals surface area contributed by atoms with E-state index in [2.05, 4.69) is 10.6 Å². The summed E-state index contributed by atoms with van der Waals surface area (Å²) in [6, 6.07) is -2.32. The highest BCUT2D eigenvalue weighted by atomic mass is 16.5. The summed E-state index contributed by atoms with van der Waals surface area (Å²) >= 11 is 0. The number of hydrogen-bond acceptors (Lipinski definition) is 6. The van der Waals surface area contributed by atoms with Gasteiger partial charge >= 0.3 is 24.0 Å². The van der Waals surface area contributed by atoms with Crippen molar-refractivity contribution in [1.82, 2.24) is 10.6 Å². The molecule has 0 aliphatic heterocycles. The molecule has 0 heterocycles. The molecule has 0 saturated heterocycles. The van der Waals surface area contributed by atoms with Crippen LogP contribution in [0.3, 0.4) is 0 Å². The van der Waals surface area contributed by atoms with Gasteiger partial charge in [-0.2, -0.15) is 0 Å². The van der Waals surface area contributed by atoms with E-state index in [9.17, 15) is 19.2 Å². The maximum Gasteiger partial charge on any atom is 0.331 e. The minimum atomic E-state index is -0.769. The van der Waals surface area contributed by atoms with E-state index in [1.807, 2.05) is 27.7 Å². The third kappa shape index (κ3) is 10.9. The van der Waals surface area contributed by atoms with Crippen LogP contribution in [0.2, 0.25) is 0 Å². The summed E-state index contributed by atoms with van der Waals surface area (Å²) < 4.78 is 9.91. The lowest BCUT2D eigenvalue weighted by Crippen LogP contribution is -2.45. The monoisotopic (exact) mass is 372 g/mol. The molecule has 26 heavy (non-hydrogen) atoms. The van der Waals surface area contributed by atoms with Crippen molar-refractivity contribution in [2.24, 2.45) is 23.3 Å². The molecule has 148 valence electrons. The Bertz CT molecular complexity index is 487. The van der Waals surface area contributed by atoms with Gasteiger partial charge in [-0.05, 0) is 11.8 Å². The molecule has 0 fully saturated rings. The van der Waals surface area contributed by atoms with Crippen LogP contribution in [-0.4, -0.2) is 49.3 Å². The lowest BCUT2D eigenvalue weighted by molar-refractivity contribution is -0.141. The molecule has 4 amide bonds. The predicted molar refractivity (Wildman–Crippen MR) is 93.7 cm³/mol. The first-order valence-corrected chi connectivity index (χ1v) is 8.16. The van der Waals surface area contributed by atoms with E-state index >= 15 is 0 Å². The van der Waals surface area contributed by atoms with Crippen LogP contribution in [0.25, 0.3) is 0 Å². The van der Waals surface area contributed by atoms with E-state index < -0.39 is 36.1 Å². The second-order valence-electron chi connectivity index (χ2n) is 6.31. The molecule has 10 heteroatoms. The first kappa shape index (κ1) is 23.2. The highest BCUT2D eigenvalue weighted by Crippen LogP contribution is 2.04. The summed E-state index contributed by atoms with van der Waals surface area (Å²) in [7, 11) is 0. The quantitative estimate of drug-likeness (QED) is 0.312. The fourth-order valence-corrected chi connectivity index (χ4v) is 1.74. The highest BCUT2D eigenvalue weighted by Gasteiger charge is 2.18. The van der Waals surface area contributed by atoms with Gasteiger partial charge in [0.15, 0.2) is 0 Å². The molecule has 0 spiro atoms. The van der Waals surface area contributed by atoms with E-state index in [0.717, 1.165) is 12.2 Å². The molecule has 0 aromatic carbocycles. The fourth-order valence-electron chi connectivity index (χ4n) is 1.74. The number of urea groups is 2. The van der Waals surface area contributed by atoms with Gasteiger partial charge in [0.2, 0.25) is 0 Å². The van der Waals surface area contributed by atoms with Crippen molar-refractivity contribution in [2.75, 3.05) is 13.2 Å². The van der Waals surface area contributed by atoms with Gasteiger partial charge < -0.3 is 31.6 Å². The molecule has 0 bridgehead atoms. The SMILES string of the molecule is CC(C)[C@H](COC(=O)/C=C/C(=O)OC[C@H](NC(N)=O)C(C)C)NC(N)=O. The second kappa shape index (κ2) is 11.7. The first-order valence-electron chi connectivity index (χ1n) is 8.16. The van der Waals surface area contributed by atoms with Gasteiger partial charge in [0, 0.05) is 12.2 Å². The fraction of sp³-hybridized carbons (Fsp3) is 0.625. The smallest absolute Gasteiger partial charge is 0.331 e. The van der Waals surface area contributed by atoms with Gasteiger partial charge in [0.05, 0.1) is 12.1 Å². The molecular weight excluding hydrogens is 344 g/mol. The first-order chi connectivity index (χ1) is 12.0. The van der Waals surface area contributed by atoms with Gasteiger partial charge in [-0.15, -0.1) is 0 Å². The normalized spacial score (nSPS) is 13.3. The summed E-state index contributed by atoms with van der Waals surface area (Å²) in [5.74, 6) is -1.55. The van der Waals surface area contributed by atoms with Crippen molar-refractivity contribution in [3.63, 3.8) is 0 Å². The van der Waals surface area contributed by atoms with Crippen LogP contribution >= 0.6 is 0 Å². The molecule has 0 unspecified atom stereocenters. The number of rotatable bonds is 10.